The molecular weight excluding hydrogens is 186 g/mol. The molecule has 0 aliphatic carbocycles. The second-order valence-corrected chi connectivity index (χ2v) is 3.23. The van der Waals surface area contributed by atoms with Gasteiger partial charge in [0.25, 0.3) is 0 Å². The summed E-state index contributed by atoms with van der Waals surface area (Å²) < 4.78 is 0. The van der Waals surface area contributed by atoms with Gasteiger partial charge < -0.3 is 15.5 Å². The number of terminal acetylenes is 1. The van der Waals surface area contributed by atoms with Gasteiger partial charge in [0, 0.05) is 6.54 Å². The molecule has 0 fully saturated rings. The van der Waals surface area contributed by atoms with Gasteiger partial charge in [-0.3, -0.25) is 9.59 Å². The Labute approximate surface area is 82.1 Å². The number of hydrogen-bond acceptors (Lipinski definition) is 3. The molecule has 0 aliphatic rings. The van der Waals surface area contributed by atoms with Gasteiger partial charge >= 0.3 is 5.97 Å². The molecule has 0 aromatic heterocycles. The predicted molar refractivity (Wildman–Crippen MR) is 49.3 cm³/mol. The standard InChI is InChI=1S/C9H13NO4/c1-3-4-7(11)10-6-9(2,14)5-8(12)13/h1,14H,4-6H2,2H3,(H,10,11)(H,12,13). The van der Waals surface area contributed by atoms with E-state index in [1.165, 1.54) is 6.92 Å². The lowest BCUT2D eigenvalue weighted by atomic mass is 10.0. The molecule has 0 spiro atoms. The minimum atomic E-state index is -1.45. The molecule has 0 radical (unpaired) electrons. The highest BCUT2D eigenvalue weighted by molar-refractivity contribution is 5.78. The second-order valence-electron chi connectivity index (χ2n) is 3.23. The Morgan fingerprint density at radius 2 is 2.14 bits per heavy atom. The fourth-order valence-corrected chi connectivity index (χ4v) is 0.832. The summed E-state index contributed by atoms with van der Waals surface area (Å²) in [4.78, 5) is 21.1. The Kier molecular flexibility index (Phi) is 4.67. The highest BCUT2D eigenvalue weighted by atomic mass is 16.4. The summed E-state index contributed by atoms with van der Waals surface area (Å²) in [5.74, 6) is 0.606. The van der Waals surface area contributed by atoms with Crippen molar-refractivity contribution in [2.24, 2.45) is 0 Å². The maximum Gasteiger partial charge on any atom is 0.306 e. The zero-order chi connectivity index (χ0) is 11.2. The van der Waals surface area contributed by atoms with E-state index >= 15 is 0 Å². The molecule has 1 atom stereocenters. The van der Waals surface area contributed by atoms with Crippen molar-refractivity contribution in [3.8, 4) is 12.3 Å². The Morgan fingerprint density at radius 1 is 1.57 bits per heavy atom. The molecule has 0 aliphatic heterocycles. The van der Waals surface area contributed by atoms with E-state index in [0.717, 1.165) is 0 Å². The lowest BCUT2D eigenvalue weighted by Gasteiger charge is -2.20. The first-order valence-corrected chi connectivity index (χ1v) is 4.02. The number of carbonyl (C=O) groups excluding carboxylic acids is 1. The number of aliphatic hydroxyl groups is 1. The maximum atomic E-state index is 10.9. The number of nitrogens with one attached hydrogen (secondary N) is 1. The topological polar surface area (TPSA) is 86.6 Å². The summed E-state index contributed by atoms with van der Waals surface area (Å²) in [5, 5.41) is 20.2. The Bertz CT molecular complexity index is 264. The van der Waals surface area contributed by atoms with Gasteiger partial charge in [-0.25, -0.2) is 0 Å². The molecule has 0 saturated carbocycles. The van der Waals surface area contributed by atoms with Crippen LogP contribution in [0.4, 0.5) is 0 Å². The van der Waals surface area contributed by atoms with Crippen LogP contribution in [0.5, 0.6) is 0 Å². The van der Waals surface area contributed by atoms with Crippen LogP contribution in [0.25, 0.3) is 0 Å². The fourth-order valence-electron chi connectivity index (χ4n) is 0.832. The lowest BCUT2D eigenvalue weighted by molar-refractivity contribution is -0.142. The average molecular weight is 199 g/mol. The molecule has 0 aromatic carbocycles. The predicted octanol–water partition coefficient (Wildman–Crippen LogP) is -0.648. The van der Waals surface area contributed by atoms with Crippen molar-refractivity contribution >= 4 is 11.9 Å². The van der Waals surface area contributed by atoms with E-state index in [-0.39, 0.29) is 13.0 Å². The molecule has 0 heterocycles. The molecule has 0 saturated heterocycles. The van der Waals surface area contributed by atoms with Gasteiger partial charge in [0.2, 0.25) is 5.91 Å². The quantitative estimate of drug-likeness (QED) is 0.513. The third-order valence-electron chi connectivity index (χ3n) is 1.46. The van der Waals surface area contributed by atoms with E-state index in [4.69, 9.17) is 11.5 Å². The molecule has 1 amide bonds. The first-order chi connectivity index (χ1) is 6.37. The monoisotopic (exact) mass is 199 g/mol. The molecular formula is C9H13NO4. The first-order valence-electron chi connectivity index (χ1n) is 4.02. The highest BCUT2D eigenvalue weighted by Gasteiger charge is 2.24. The van der Waals surface area contributed by atoms with Gasteiger partial charge in [0.05, 0.1) is 18.4 Å². The van der Waals surface area contributed by atoms with Gasteiger partial charge in [-0.2, -0.15) is 0 Å². The molecule has 5 nitrogen and oxygen atoms in total. The zero-order valence-electron chi connectivity index (χ0n) is 7.91. The van der Waals surface area contributed by atoms with E-state index in [1.807, 2.05) is 0 Å². The smallest absolute Gasteiger partial charge is 0.306 e. The molecule has 0 rings (SSSR count). The van der Waals surface area contributed by atoms with E-state index in [9.17, 15) is 14.7 Å². The maximum absolute atomic E-state index is 10.9. The van der Waals surface area contributed by atoms with Crippen molar-refractivity contribution in [1.29, 1.82) is 0 Å². The number of hydrogen-bond donors (Lipinski definition) is 3. The summed E-state index contributed by atoms with van der Waals surface area (Å²) in [6.07, 6.45) is 4.37. The van der Waals surface area contributed by atoms with Crippen molar-refractivity contribution in [3.05, 3.63) is 0 Å². The van der Waals surface area contributed by atoms with Crippen molar-refractivity contribution in [2.75, 3.05) is 6.54 Å². The largest absolute Gasteiger partial charge is 0.481 e. The number of rotatable bonds is 5. The summed E-state index contributed by atoms with van der Waals surface area (Å²) >= 11 is 0. The molecule has 14 heavy (non-hydrogen) atoms. The number of amides is 1. The van der Waals surface area contributed by atoms with Crippen LogP contribution in [0.3, 0.4) is 0 Å². The first kappa shape index (κ1) is 12.5. The number of carboxylic acid groups (broad SMARTS) is 1. The van der Waals surface area contributed by atoms with Gasteiger partial charge in [-0.05, 0) is 6.92 Å². The molecule has 0 bridgehead atoms. The van der Waals surface area contributed by atoms with Gasteiger partial charge in [-0.15, -0.1) is 6.42 Å². The van der Waals surface area contributed by atoms with E-state index in [0.29, 0.717) is 0 Å². The zero-order valence-corrected chi connectivity index (χ0v) is 7.91. The molecule has 1 unspecified atom stereocenters. The van der Waals surface area contributed by atoms with Crippen molar-refractivity contribution in [2.45, 2.75) is 25.4 Å². The third kappa shape index (κ3) is 6.03. The fraction of sp³-hybridized carbons (Fsp3) is 0.556. The van der Waals surface area contributed by atoms with Crippen molar-refractivity contribution in [3.63, 3.8) is 0 Å². The number of carboxylic acids is 1. The minimum absolute atomic E-state index is 0.0802. The average Bonchev–Trinajstić information content (AvgIpc) is 1.99. The van der Waals surface area contributed by atoms with Crippen LogP contribution < -0.4 is 5.32 Å². The van der Waals surface area contributed by atoms with E-state index < -0.39 is 23.9 Å². The Balaban J connectivity index is 3.93. The van der Waals surface area contributed by atoms with Gasteiger partial charge in [-0.1, -0.05) is 5.92 Å². The summed E-state index contributed by atoms with van der Waals surface area (Å²) in [6, 6.07) is 0. The summed E-state index contributed by atoms with van der Waals surface area (Å²) in [6.45, 7) is 1.21. The van der Waals surface area contributed by atoms with Crippen molar-refractivity contribution < 1.29 is 19.8 Å². The Hall–Kier alpha value is -1.54. The minimum Gasteiger partial charge on any atom is -0.481 e. The van der Waals surface area contributed by atoms with Gasteiger partial charge in [0.15, 0.2) is 0 Å². The van der Waals surface area contributed by atoms with E-state index in [2.05, 4.69) is 11.2 Å². The molecule has 78 valence electrons. The van der Waals surface area contributed by atoms with Crippen LogP contribution in [0.1, 0.15) is 19.8 Å². The van der Waals surface area contributed by atoms with Crippen LogP contribution in [0.15, 0.2) is 0 Å². The van der Waals surface area contributed by atoms with Crippen LogP contribution in [-0.4, -0.2) is 34.2 Å². The molecule has 5 heteroatoms. The van der Waals surface area contributed by atoms with Crippen LogP contribution in [-0.2, 0) is 9.59 Å². The third-order valence-corrected chi connectivity index (χ3v) is 1.46. The highest BCUT2D eigenvalue weighted by Crippen LogP contribution is 2.07. The second kappa shape index (κ2) is 5.25. The lowest BCUT2D eigenvalue weighted by Crippen LogP contribution is -2.41. The normalized spacial score (nSPS) is 13.8. The number of aliphatic carboxylic acids is 1. The van der Waals surface area contributed by atoms with Crippen molar-refractivity contribution in [1.82, 2.24) is 5.32 Å². The van der Waals surface area contributed by atoms with Crippen LogP contribution in [0, 0.1) is 12.3 Å². The van der Waals surface area contributed by atoms with Gasteiger partial charge in [0.1, 0.15) is 0 Å². The van der Waals surface area contributed by atoms with E-state index in [1.54, 1.807) is 0 Å². The van der Waals surface area contributed by atoms with Crippen LogP contribution >= 0.6 is 0 Å². The molecule has 0 aromatic rings. The number of carbonyl (C=O) groups is 2. The summed E-state index contributed by atoms with van der Waals surface area (Å²) in [7, 11) is 0. The summed E-state index contributed by atoms with van der Waals surface area (Å²) in [5.41, 5.74) is -1.45. The van der Waals surface area contributed by atoms with Crippen LogP contribution in [0.2, 0.25) is 0 Å². The Morgan fingerprint density at radius 3 is 2.57 bits per heavy atom. The SMILES string of the molecule is C#CCC(=O)NCC(C)(O)CC(=O)O. The molecule has 3 N–H and O–H groups in total.